The van der Waals surface area contributed by atoms with Crippen molar-refractivity contribution in [2.45, 2.75) is 57.7 Å². The van der Waals surface area contributed by atoms with Gasteiger partial charge in [-0.05, 0) is 62.3 Å². The summed E-state index contributed by atoms with van der Waals surface area (Å²) in [6, 6.07) is 7.08. The molecule has 1 aliphatic rings. The number of aromatic nitrogens is 4. The van der Waals surface area contributed by atoms with E-state index in [2.05, 4.69) is 27.3 Å². The van der Waals surface area contributed by atoms with Gasteiger partial charge in [-0.15, -0.1) is 0 Å². The van der Waals surface area contributed by atoms with E-state index in [0.717, 1.165) is 24.1 Å². The Hall–Kier alpha value is -4.32. The van der Waals surface area contributed by atoms with Crippen molar-refractivity contribution in [3.63, 3.8) is 0 Å². The van der Waals surface area contributed by atoms with Crippen LogP contribution in [0.5, 0.6) is 5.75 Å². The highest BCUT2D eigenvalue weighted by atomic mass is 19.1. The summed E-state index contributed by atoms with van der Waals surface area (Å²) in [6.07, 6.45) is 5.85. The van der Waals surface area contributed by atoms with Crippen molar-refractivity contribution < 1.29 is 23.0 Å². The maximum Gasteiger partial charge on any atom is 0.409 e. The SMILES string of the molecule is COC(=O)N(C)[C@@H]1[C@H](N)C[C@H](c2ccncc2Nc2ncc3ccc(-c4c(F)cc(OC(C)C)cc4F)nn23)C[C@@H]1C. The van der Waals surface area contributed by atoms with Crippen LogP contribution in [0.25, 0.3) is 16.8 Å². The molecule has 0 spiro atoms. The van der Waals surface area contributed by atoms with Crippen molar-refractivity contribution in [1.82, 2.24) is 24.5 Å². The van der Waals surface area contributed by atoms with Crippen molar-refractivity contribution in [2.75, 3.05) is 19.5 Å². The maximum atomic E-state index is 15.0. The number of rotatable bonds is 7. The highest BCUT2D eigenvalue weighted by Crippen LogP contribution is 2.40. The van der Waals surface area contributed by atoms with Gasteiger partial charge < -0.3 is 25.4 Å². The third-order valence-corrected chi connectivity index (χ3v) is 7.71. The second kappa shape index (κ2) is 11.9. The minimum Gasteiger partial charge on any atom is -0.491 e. The summed E-state index contributed by atoms with van der Waals surface area (Å²) in [4.78, 5) is 22.5. The molecule has 0 saturated heterocycles. The molecule has 0 aliphatic heterocycles. The summed E-state index contributed by atoms with van der Waals surface area (Å²) in [6.45, 7) is 5.64. The lowest BCUT2D eigenvalue weighted by Gasteiger charge is -2.43. The Labute approximate surface area is 242 Å². The lowest BCUT2D eigenvalue weighted by Crippen LogP contribution is -2.55. The van der Waals surface area contributed by atoms with E-state index in [1.165, 1.54) is 11.6 Å². The van der Waals surface area contributed by atoms with Gasteiger partial charge in [0.1, 0.15) is 17.4 Å². The molecule has 4 atom stereocenters. The van der Waals surface area contributed by atoms with Crippen LogP contribution in [0.3, 0.4) is 0 Å². The molecule has 1 amide bonds. The molecule has 3 aromatic heterocycles. The number of pyridine rings is 1. The molecule has 4 aromatic rings. The number of anilines is 2. The van der Waals surface area contributed by atoms with Gasteiger partial charge in [-0.2, -0.15) is 9.61 Å². The molecular weight excluding hydrogens is 544 g/mol. The van der Waals surface area contributed by atoms with Crippen LogP contribution in [0, 0.1) is 17.6 Å². The average Bonchev–Trinajstić information content (AvgIpc) is 3.33. The van der Waals surface area contributed by atoms with Crippen LogP contribution in [-0.4, -0.2) is 62.9 Å². The van der Waals surface area contributed by atoms with Crippen molar-refractivity contribution in [3.8, 4) is 17.0 Å². The molecule has 0 unspecified atom stereocenters. The summed E-state index contributed by atoms with van der Waals surface area (Å²) in [5, 5.41) is 7.83. The first-order valence-electron chi connectivity index (χ1n) is 13.9. The van der Waals surface area contributed by atoms with Crippen molar-refractivity contribution in [3.05, 3.63) is 66.1 Å². The normalized spacial score (nSPS) is 20.5. The number of ether oxygens (including phenoxy) is 2. The van der Waals surface area contributed by atoms with Gasteiger partial charge in [0.25, 0.3) is 0 Å². The minimum atomic E-state index is -0.777. The molecule has 3 heterocycles. The highest BCUT2D eigenvalue weighted by Gasteiger charge is 2.39. The molecule has 1 saturated carbocycles. The third kappa shape index (κ3) is 5.71. The first-order chi connectivity index (χ1) is 20.1. The number of fused-ring (bicyclic) bond motifs is 1. The zero-order valence-electron chi connectivity index (χ0n) is 24.2. The number of benzene rings is 1. The minimum absolute atomic E-state index is 0.0901. The van der Waals surface area contributed by atoms with Gasteiger partial charge in [0.2, 0.25) is 5.95 Å². The zero-order chi connectivity index (χ0) is 30.1. The molecule has 1 fully saturated rings. The van der Waals surface area contributed by atoms with Gasteiger partial charge in [0, 0.05) is 31.4 Å². The van der Waals surface area contributed by atoms with Crippen LogP contribution in [0.1, 0.15) is 45.1 Å². The van der Waals surface area contributed by atoms with Gasteiger partial charge in [-0.25, -0.2) is 18.6 Å². The fraction of sp³-hybridized carbons (Fsp3) is 0.400. The zero-order valence-corrected chi connectivity index (χ0v) is 24.2. The number of nitrogens with two attached hydrogens (primary N) is 1. The van der Waals surface area contributed by atoms with E-state index < -0.39 is 17.7 Å². The summed E-state index contributed by atoms with van der Waals surface area (Å²) < 4.78 is 41.9. The van der Waals surface area contributed by atoms with E-state index in [-0.39, 0.29) is 47.0 Å². The monoisotopic (exact) mass is 579 g/mol. The van der Waals surface area contributed by atoms with E-state index in [9.17, 15) is 4.79 Å². The largest absolute Gasteiger partial charge is 0.491 e. The number of halogens is 2. The molecule has 12 heteroatoms. The molecule has 42 heavy (non-hydrogen) atoms. The smallest absolute Gasteiger partial charge is 0.409 e. The van der Waals surface area contributed by atoms with E-state index in [4.69, 9.17) is 15.2 Å². The van der Waals surface area contributed by atoms with Crippen LogP contribution in [0.4, 0.5) is 25.2 Å². The summed E-state index contributed by atoms with van der Waals surface area (Å²) in [5.74, 6) is -0.881. The summed E-state index contributed by atoms with van der Waals surface area (Å²) in [7, 11) is 3.07. The van der Waals surface area contributed by atoms with Crippen LogP contribution < -0.4 is 15.8 Å². The number of carbonyl (C=O) groups is 1. The second-order valence-electron chi connectivity index (χ2n) is 11.0. The Morgan fingerprint density at radius 1 is 1.17 bits per heavy atom. The Morgan fingerprint density at radius 3 is 2.57 bits per heavy atom. The van der Waals surface area contributed by atoms with Gasteiger partial charge in [-0.1, -0.05) is 6.92 Å². The number of amides is 1. The van der Waals surface area contributed by atoms with E-state index in [1.807, 2.05) is 6.07 Å². The molecule has 10 nitrogen and oxygen atoms in total. The fourth-order valence-electron chi connectivity index (χ4n) is 5.99. The molecule has 0 radical (unpaired) electrons. The Kier molecular flexibility index (Phi) is 8.26. The van der Waals surface area contributed by atoms with Gasteiger partial charge in [0.05, 0.1) is 54.1 Å². The van der Waals surface area contributed by atoms with Gasteiger partial charge >= 0.3 is 6.09 Å². The molecule has 5 rings (SSSR count). The summed E-state index contributed by atoms with van der Waals surface area (Å²) >= 11 is 0. The lowest BCUT2D eigenvalue weighted by atomic mass is 9.73. The highest BCUT2D eigenvalue weighted by molar-refractivity contribution is 5.68. The third-order valence-electron chi connectivity index (χ3n) is 7.71. The number of carbonyl (C=O) groups excluding carboxylic acids is 1. The predicted octanol–water partition coefficient (Wildman–Crippen LogP) is 5.51. The van der Waals surface area contributed by atoms with Crippen LogP contribution in [-0.2, 0) is 4.74 Å². The number of likely N-dealkylation sites (N-methyl/N-ethyl adjacent to an activating group) is 1. The van der Waals surface area contributed by atoms with Gasteiger partial charge in [-0.3, -0.25) is 4.98 Å². The molecule has 1 aliphatic carbocycles. The molecule has 0 bridgehead atoms. The Bertz CT molecular complexity index is 1560. The van der Waals surface area contributed by atoms with Crippen LogP contribution >= 0.6 is 0 Å². The summed E-state index contributed by atoms with van der Waals surface area (Å²) in [5.41, 5.74) is 8.79. The van der Waals surface area contributed by atoms with Crippen LogP contribution in [0.2, 0.25) is 0 Å². The Balaban J connectivity index is 1.43. The van der Waals surface area contributed by atoms with E-state index >= 15 is 8.78 Å². The van der Waals surface area contributed by atoms with Crippen molar-refractivity contribution in [2.24, 2.45) is 11.7 Å². The first-order valence-corrected chi connectivity index (χ1v) is 13.9. The molecule has 222 valence electrons. The number of methoxy groups -OCH3 is 1. The maximum absolute atomic E-state index is 15.0. The number of imidazole rings is 1. The van der Waals surface area contributed by atoms with Crippen LogP contribution in [0.15, 0.2) is 48.9 Å². The van der Waals surface area contributed by atoms with Crippen molar-refractivity contribution >= 4 is 23.2 Å². The topological polar surface area (TPSA) is 120 Å². The number of nitrogens with one attached hydrogen (secondary N) is 1. The standard InChI is InChI=1S/C30H35F2N7O3/c1-16(2)42-20-12-22(31)27(23(32)13-20)25-7-6-19-14-35-29(39(19)37-25)36-26-15-34-9-8-21(26)18-10-17(3)28(24(33)11-18)38(4)30(40)41-5/h6-9,12-18,24,28H,10-11,33H2,1-5H3,(H,35,36)/t17-,18+,24+,28-/m0/s1. The Morgan fingerprint density at radius 2 is 1.90 bits per heavy atom. The second-order valence-corrected chi connectivity index (χ2v) is 11.0. The number of nitrogens with zero attached hydrogens (tertiary/aromatic N) is 5. The molecular formula is C30H35F2N7O3. The molecule has 1 aromatic carbocycles. The number of hydrogen-bond donors (Lipinski definition) is 2. The number of hydrogen-bond acceptors (Lipinski definition) is 8. The van der Waals surface area contributed by atoms with Gasteiger partial charge in [0.15, 0.2) is 0 Å². The van der Waals surface area contributed by atoms with E-state index in [1.54, 1.807) is 56.5 Å². The lowest BCUT2D eigenvalue weighted by molar-refractivity contribution is 0.0778. The quantitative estimate of drug-likeness (QED) is 0.294. The first kappa shape index (κ1) is 29.2. The van der Waals surface area contributed by atoms with E-state index in [0.29, 0.717) is 23.6 Å². The van der Waals surface area contributed by atoms with Crippen molar-refractivity contribution in [1.29, 1.82) is 0 Å². The predicted molar refractivity (Wildman–Crippen MR) is 155 cm³/mol. The average molecular weight is 580 g/mol. The fourth-order valence-corrected chi connectivity index (χ4v) is 5.99. The molecule has 3 N–H and O–H groups in total.